The van der Waals surface area contributed by atoms with E-state index in [0.29, 0.717) is 28.5 Å². The van der Waals surface area contributed by atoms with Gasteiger partial charge >= 0.3 is 5.97 Å². The zero-order chi connectivity index (χ0) is 23.1. The first kappa shape index (κ1) is 22.2. The van der Waals surface area contributed by atoms with Gasteiger partial charge in [0.25, 0.3) is 5.91 Å². The molecule has 0 radical (unpaired) electrons. The van der Waals surface area contributed by atoms with Crippen LogP contribution in [0.3, 0.4) is 0 Å². The Morgan fingerprint density at radius 3 is 2.59 bits per heavy atom. The summed E-state index contributed by atoms with van der Waals surface area (Å²) >= 11 is 0. The number of carbonyl (C=O) groups is 2. The maximum atomic E-state index is 12.5. The molecule has 0 aliphatic heterocycles. The topological polar surface area (TPSA) is 122 Å². The van der Waals surface area contributed by atoms with Crippen LogP contribution < -0.4 is 14.8 Å². The van der Waals surface area contributed by atoms with Gasteiger partial charge in [-0.2, -0.15) is 5.26 Å². The van der Waals surface area contributed by atoms with Crippen LogP contribution in [0.2, 0.25) is 0 Å². The second-order valence-electron chi connectivity index (χ2n) is 6.71. The lowest BCUT2D eigenvalue weighted by Crippen LogP contribution is -2.14. The van der Waals surface area contributed by atoms with E-state index in [2.05, 4.69) is 5.32 Å². The number of carboxylic acids is 1. The van der Waals surface area contributed by atoms with Crippen molar-refractivity contribution in [2.75, 3.05) is 12.4 Å². The van der Waals surface area contributed by atoms with Gasteiger partial charge in [0.05, 0.1) is 7.11 Å². The number of para-hydroxylation sites is 1. The Hall–Kier alpha value is -4.51. The van der Waals surface area contributed by atoms with Crippen molar-refractivity contribution in [3.63, 3.8) is 0 Å². The quantitative estimate of drug-likeness (QED) is 0.399. The zero-order valence-corrected chi connectivity index (χ0v) is 17.4. The SMILES string of the molecule is COc1cc(C=C(C#N)C(=O)Nc2ccccc2C)ccc1OCc1ccc(C(=O)O)o1. The van der Waals surface area contributed by atoms with Crippen molar-refractivity contribution in [1.82, 2.24) is 0 Å². The number of rotatable bonds is 8. The normalized spacial score (nSPS) is 10.8. The standard InChI is InChI=1S/C24H20N2O6/c1-15-5-3-4-6-19(15)26-23(27)17(13-25)11-16-7-9-20(22(12-16)30-2)31-14-18-8-10-21(32-18)24(28)29/h3-12H,14H2,1-2H3,(H,26,27)(H,28,29). The van der Waals surface area contributed by atoms with E-state index in [4.69, 9.17) is 19.0 Å². The smallest absolute Gasteiger partial charge is 0.371 e. The van der Waals surface area contributed by atoms with Crippen LogP contribution in [0.4, 0.5) is 5.69 Å². The number of nitrogens with zero attached hydrogens (tertiary/aromatic N) is 1. The molecule has 0 spiro atoms. The molecule has 162 valence electrons. The molecule has 0 unspecified atom stereocenters. The van der Waals surface area contributed by atoms with Gasteiger partial charge in [0.1, 0.15) is 24.0 Å². The van der Waals surface area contributed by atoms with Gasteiger partial charge in [-0.25, -0.2) is 4.79 Å². The molecule has 8 heteroatoms. The van der Waals surface area contributed by atoms with Crippen LogP contribution in [0.1, 0.15) is 27.4 Å². The monoisotopic (exact) mass is 432 g/mol. The Morgan fingerprint density at radius 1 is 1.16 bits per heavy atom. The molecular formula is C24H20N2O6. The number of amides is 1. The second-order valence-corrected chi connectivity index (χ2v) is 6.71. The van der Waals surface area contributed by atoms with Gasteiger partial charge in [0.15, 0.2) is 11.5 Å². The van der Waals surface area contributed by atoms with E-state index in [1.165, 1.54) is 25.3 Å². The Morgan fingerprint density at radius 2 is 1.94 bits per heavy atom. The molecule has 3 aromatic rings. The number of hydrogen-bond donors (Lipinski definition) is 2. The van der Waals surface area contributed by atoms with Crippen LogP contribution in [-0.2, 0) is 11.4 Å². The minimum atomic E-state index is -1.16. The van der Waals surface area contributed by atoms with Crippen molar-refractivity contribution in [2.24, 2.45) is 0 Å². The molecule has 0 atom stereocenters. The maximum absolute atomic E-state index is 12.5. The fourth-order valence-electron chi connectivity index (χ4n) is 2.83. The Balaban J connectivity index is 1.75. The van der Waals surface area contributed by atoms with Crippen LogP contribution in [0, 0.1) is 18.3 Å². The van der Waals surface area contributed by atoms with Crippen LogP contribution in [0.25, 0.3) is 6.08 Å². The van der Waals surface area contributed by atoms with E-state index < -0.39 is 11.9 Å². The van der Waals surface area contributed by atoms with E-state index in [1.807, 2.05) is 25.1 Å². The Bertz CT molecular complexity index is 1220. The van der Waals surface area contributed by atoms with Crippen molar-refractivity contribution < 1.29 is 28.6 Å². The average Bonchev–Trinajstić information content (AvgIpc) is 3.27. The van der Waals surface area contributed by atoms with Gasteiger partial charge in [-0.1, -0.05) is 24.3 Å². The summed E-state index contributed by atoms with van der Waals surface area (Å²) < 4.78 is 16.2. The Kier molecular flexibility index (Phi) is 6.93. The average molecular weight is 432 g/mol. The molecule has 1 amide bonds. The molecule has 3 rings (SSSR count). The van der Waals surface area contributed by atoms with Gasteiger partial charge in [-0.15, -0.1) is 0 Å². The van der Waals surface area contributed by atoms with Crippen molar-refractivity contribution in [3.05, 3.63) is 82.8 Å². The Labute approximate surface area is 184 Å². The molecule has 1 heterocycles. The fourth-order valence-corrected chi connectivity index (χ4v) is 2.83. The number of aryl methyl sites for hydroxylation is 1. The van der Waals surface area contributed by atoms with Crippen molar-refractivity contribution >= 4 is 23.6 Å². The summed E-state index contributed by atoms with van der Waals surface area (Å²) in [7, 11) is 1.46. The number of carbonyl (C=O) groups excluding carboxylic acids is 1. The number of furan rings is 1. The lowest BCUT2D eigenvalue weighted by Gasteiger charge is -2.11. The summed E-state index contributed by atoms with van der Waals surface area (Å²) in [5, 5.41) is 21.1. The highest BCUT2D eigenvalue weighted by atomic mass is 16.5. The molecule has 0 aliphatic rings. The number of methoxy groups -OCH3 is 1. The molecule has 0 aliphatic carbocycles. The second kappa shape index (κ2) is 10.00. The van der Waals surface area contributed by atoms with Crippen molar-refractivity contribution in [3.8, 4) is 17.6 Å². The van der Waals surface area contributed by atoms with Crippen LogP contribution in [0.15, 0.2) is 64.6 Å². The molecule has 2 N–H and O–H groups in total. The summed E-state index contributed by atoms with van der Waals surface area (Å²) in [4.78, 5) is 23.4. The molecule has 0 saturated carbocycles. The summed E-state index contributed by atoms with van der Waals surface area (Å²) in [6.07, 6.45) is 1.45. The lowest BCUT2D eigenvalue weighted by atomic mass is 10.1. The van der Waals surface area contributed by atoms with Gasteiger partial charge in [0.2, 0.25) is 5.76 Å². The van der Waals surface area contributed by atoms with Crippen LogP contribution in [-0.4, -0.2) is 24.1 Å². The number of aromatic carboxylic acids is 1. The van der Waals surface area contributed by atoms with Crippen LogP contribution in [0.5, 0.6) is 11.5 Å². The van der Waals surface area contributed by atoms with Gasteiger partial charge in [-0.3, -0.25) is 4.79 Å². The largest absolute Gasteiger partial charge is 0.493 e. The summed E-state index contributed by atoms with van der Waals surface area (Å²) in [6.45, 7) is 1.86. The summed E-state index contributed by atoms with van der Waals surface area (Å²) in [6, 6.07) is 17.0. The van der Waals surface area contributed by atoms with Gasteiger partial charge in [0, 0.05) is 5.69 Å². The minimum Gasteiger partial charge on any atom is -0.493 e. The van der Waals surface area contributed by atoms with Crippen molar-refractivity contribution in [2.45, 2.75) is 13.5 Å². The number of hydrogen-bond acceptors (Lipinski definition) is 6. The minimum absolute atomic E-state index is 0.00110. The van der Waals surface area contributed by atoms with Crippen LogP contribution >= 0.6 is 0 Å². The molecule has 0 fully saturated rings. The van der Waals surface area contributed by atoms with E-state index >= 15 is 0 Å². The first-order valence-corrected chi connectivity index (χ1v) is 9.53. The fraction of sp³-hybridized carbons (Fsp3) is 0.125. The molecule has 2 aromatic carbocycles. The highest BCUT2D eigenvalue weighted by molar-refractivity contribution is 6.10. The molecule has 1 aromatic heterocycles. The summed E-state index contributed by atoms with van der Waals surface area (Å²) in [5.74, 6) is -0.754. The third-order valence-corrected chi connectivity index (χ3v) is 4.50. The highest BCUT2D eigenvalue weighted by Gasteiger charge is 2.13. The molecule has 8 nitrogen and oxygen atoms in total. The zero-order valence-electron chi connectivity index (χ0n) is 17.4. The highest BCUT2D eigenvalue weighted by Crippen LogP contribution is 2.30. The predicted molar refractivity (Wildman–Crippen MR) is 116 cm³/mol. The third-order valence-electron chi connectivity index (χ3n) is 4.50. The number of benzene rings is 2. The van der Waals surface area contributed by atoms with Crippen molar-refractivity contribution in [1.29, 1.82) is 5.26 Å². The molecule has 0 bridgehead atoms. The van der Waals surface area contributed by atoms with E-state index in [1.54, 1.807) is 30.3 Å². The number of nitrogens with one attached hydrogen (secondary N) is 1. The third kappa shape index (κ3) is 5.34. The molecule has 32 heavy (non-hydrogen) atoms. The first-order chi connectivity index (χ1) is 15.4. The lowest BCUT2D eigenvalue weighted by molar-refractivity contribution is -0.112. The first-order valence-electron chi connectivity index (χ1n) is 9.53. The summed E-state index contributed by atoms with van der Waals surface area (Å²) in [5.41, 5.74) is 2.01. The maximum Gasteiger partial charge on any atom is 0.371 e. The van der Waals surface area contributed by atoms with E-state index in [0.717, 1.165) is 5.56 Å². The van der Waals surface area contributed by atoms with Gasteiger partial charge in [-0.05, 0) is 54.5 Å². The van der Waals surface area contributed by atoms with Gasteiger partial charge < -0.3 is 24.3 Å². The molecule has 0 saturated heterocycles. The van der Waals surface area contributed by atoms with E-state index in [-0.39, 0.29) is 17.9 Å². The number of nitriles is 1. The predicted octanol–water partition coefficient (Wildman–Crippen LogP) is 4.42. The number of carboxylic acid groups (broad SMARTS) is 1. The number of anilines is 1. The molecular weight excluding hydrogens is 412 g/mol. The van der Waals surface area contributed by atoms with E-state index in [9.17, 15) is 14.9 Å². The number of ether oxygens (including phenoxy) is 2.